The number of rotatable bonds is 6. The Labute approximate surface area is 161 Å². The minimum atomic E-state index is -5.90. The van der Waals surface area contributed by atoms with Crippen LogP contribution in [-0.2, 0) is 14.3 Å². The Morgan fingerprint density at radius 1 is 1.07 bits per heavy atom. The zero-order valence-electron chi connectivity index (χ0n) is 16.7. The Morgan fingerprint density at radius 2 is 1.50 bits per heavy atom. The molecule has 0 aromatic rings. The molecule has 0 aromatic heterocycles. The van der Waals surface area contributed by atoms with E-state index in [0.717, 1.165) is 6.92 Å². The maximum absolute atomic E-state index is 13.0. The summed E-state index contributed by atoms with van der Waals surface area (Å²) in [6.07, 6.45) is -13.4. The van der Waals surface area contributed by atoms with Crippen LogP contribution in [0.1, 0.15) is 60.8 Å². The van der Waals surface area contributed by atoms with Crippen molar-refractivity contribution in [2.24, 2.45) is 17.8 Å². The summed E-state index contributed by atoms with van der Waals surface area (Å²) in [5.41, 5.74) is -5.91. The Morgan fingerprint density at radius 3 is 1.79 bits per heavy atom. The van der Waals surface area contributed by atoms with Crippen LogP contribution in [0.2, 0.25) is 0 Å². The van der Waals surface area contributed by atoms with Gasteiger partial charge >= 0.3 is 12.4 Å². The highest BCUT2D eigenvalue weighted by Gasteiger charge is 2.70. The van der Waals surface area contributed by atoms with Crippen molar-refractivity contribution in [3.8, 4) is 0 Å². The Bertz CT molecular complexity index is 656. The van der Waals surface area contributed by atoms with Crippen molar-refractivity contribution in [3.05, 3.63) is 0 Å². The lowest BCUT2D eigenvalue weighted by Crippen LogP contribution is -2.57. The van der Waals surface area contributed by atoms with Gasteiger partial charge in [-0.05, 0) is 45.4 Å². The highest BCUT2D eigenvalue weighted by Crippen LogP contribution is 2.53. The minimum absolute atomic E-state index is 0.209. The van der Waals surface area contributed by atoms with Crippen molar-refractivity contribution in [1.29, 1.82) is 0 Å². The lowest BCUT2D eigenvalue weighted by atomic mass is 9.71. The van der Waals surface area contributed by atoms with Gasteiger partial charge in [-0.25, -0.2) is 0 Å². The Kier molecular flexibility index (Phi) is 6.64. The van der Waals surface area contributed by atoms with Gasteiger partial charge in [0.15, 0.2) is 0 Å². The van der Waals surface area contributed by atoms with Crippen LogP contribution in [0.3, 0.4) is 0 Å². The summed E-state index contributed by atoms with van der Waals surface area (Å²) < 4.78 is 107. The standard InChI is InChI=1S/C17H28F6O4S/c1-7-12(14(6)11(3)13(4,5)27-28(14,25)26)8-10(2)9-15(24,16(18,19)20)17(21,22)23/h10-12,24H,7-9H2,1-6H3. The lowest BCUT2D eigenvalue weighted by Gasteiger charge is -2.39. The van der Waals surface area contributed by atoms with Gasteiger partial charge in [0.05, 0.1) is 5.60 Å². The number of halogens is 6. The molecule has 1 N–H and O–H groups in total. The van der Waals surface area contributed by atoms with E-state index in [0.29, 0.717) is 0 Å². The van der Waals surface area contributed by atoms with E-state index in [1.807, 2.05) is 0 Å². The molecule has 0 radical (unpaired) electrons. The number of aliphatic hydroxyl groups is 1. The van der Waals surface area contributed by atoms with Crippen molar-refractivity contribution >= 4 is 10.1 Å². The molecule has 1 aliphatic rings. The molecule has 4 nitrogen and oxygen atoms in total. The predicted molar refractivity (Wildman–Crippen MR) is 90.9 cm³/mol. The summed E-state index contributed by atoms with van der Waals surface area (Å²) in [5, 5.41) is 9.41. The first-order valence-corrected chi connectivity index (χ1v) is 10.4. The van der Waals surface area contributed by atoms with Crippen LogP contribution in [0.25, 0.3) is 0 Å². The average molecular weight is 442 g/mol. The molecule has 0 saturated carbocycles. The van der Waals surface area contributed by atoms with Crippen molar-refractivity contribution in [2.75, 3.05) is 0 Å². The van der Waals surface area contributed by atoms with Gasteiger partial charge in [-0.1, -0.05) is 27.2 Å². The molecule has 0 amide bonds. The Balaban J connectivity index is 3.21. The fourth-order valence-corrected chi connectivity index (χ4v) is 6.46. The Hall–Kier alpha value is -0.550. The van der Waals surface area contributed by atoms with Crippen LogP contribution in [0.15, 0.2) is 0 Å². The summed E-state index contributed by atoms with van der Waals surface area (Å²) in [5.74, 6) is -2.55. The van der Waals surface area contributed by atoms with E-state index in [4.69, 9.17) is 4.18 Å². The van der Waals surface area contributed by atoms with E-state index in [1.165, 1.54) is 6.92 Å². The van der Waals surface area contributed by atoms with Crippen LogP contribution < -0.4 is 0 Å². The monoisotopic (exact) mass is 442 g/mol. The first kappa shape index (κ1) is 25.5. The van der Waals surface area contributed by atoms with Gasteiger partial charge in [0.2, 0.25) is 0 Å². The molecule has 168 valence electrons. The average Bonchev–Trinajstić information content (AvgIpc) is 2.59. The van der Waals surface area contributed by atoms with E-state index in [1.54, 1.807) is 27.7 Å². The second-order valence-corrected chi connectivity index (χ2v) is 10.5. The molecule has 1 rings (SSSR count). The molecule has 1 saturated heterocycles. The SMILES string of the molecule is CCC(CC(C)CC(O)(C(F)(F)F)C(F)(F)F)C1(C)C(C)C(C)(C)OS1(=O)=O. The van der Waals surface area contributed by atoms with Crippen molar-refractivity contribution < 1.29 is 44.0 Å². The quantitative estimate of drug-likeness (QED) is 0.473. The topological polar surface area (TPSA) is 63.6 Å². The molecular formula is C17H28F6O4S. The van der Waals surface area contributed by atoms with Gasteiger partial charge in [-0.3, -0.25) is 4.18 Å². The second kappa shape index (κ2) is 7.30. The van der Waals surface area contributed by atoms with Gasteiger partial charge in [-0.2, -0.15) is 34.8 Å². The maximum atomic E-state index is 13.0. The van der Waals surface area contributed by atoms with Gasteiger partial charge in [0.1, 0.15) is 4.75 Å². The zero-order valence-corrected chi connectivity index (χ0v) is 17.5. The molecule has 4 unspecified atom stereocenters. The number of alkyl halides is 6. The third-order valence-electron chi connectivity index (χ3n) is 6.34. The van der Waals surface area contributed by atoms with Crippen molar-refractivity contribution in [2.45, 2.75) is 89.1 Å². The third-order valence-corrected chi connectivity index (χ3v) is 8.75. The predicted octanol–water partition coefficient (Wildman–Crippen LogP) is 4.82. The minimum Gasteiger partial charge on any atom is -0.374 e. The first-order chi connectivity index (χ1) is 12.2. The summed E-state index contributed by atoms with van der Waals surface area (Å²) in [4.78, 5) is 0. The molecule has 0 bridgehead atoms. The van der Waals surface area contributed by atoms with Gasteiger partial charge in [-0.15, -0.1) is 0 Å². The molecule has 11 heteroatoms. The zero-order chi connectivity index (χ0) is 22.6. The van der Waals surface area contributed by atoms with E-state index < -0.39 is 62.6 Å². The van der Waals surface area contributed by atoms with E-state index in [9.17, 15) is 39.9 Å². The van der Waals surface area contributed by atoms with Crippen molar-refractivity contribution in [1.82, 2.24) is 0 Å². The highest BCUT2D eigenvalue weighted by molar-refractivity contribution is 7.88. The van der Waals surface area contributed by atoms with Crippen molar-refractivity contribution in [3.63, 3.8) is 0 Å². The van der Waals surface area contributed by atoms with E-state index >= 15 is 0 Å². The fraction of sp³-hybridized carbons (Fsp3) is 1.00. The largest absolute Gasteiger partial charge is 0.426 e. The van der Waals surface area contributed by atoms with Crippen LogP contribution in [-0.4, -0.2) is 41.8 Å². The normalized spacial score (nSPS) is 30.2. The van der Waals surface area contributed by atoms with Crippen LogP contribution >= 0.6 is 0 Å². The first-order valence-electron chi connectivity index (χ1n) is 8.98. The molecule has 1 heterocycles. The summed E-state index contributed by atoms with van der Waals surface area (Å²) in [6, 6.07) is 0. The third kappa shape index (κ3) is 4.03. The molecule has 0 spiro atoms. The molecule has 0 aromatic carbocycles. The van der Waals surface area contributed by atoms with Crippen LogP contribution in [0.4, 0.5) is 26.3 Å². The molecular weight excluding hydrogens is 414 g/mol. The van der Waals surface area contributed by atoms with Gasteiger partial charge in [0.25, 0.3) is 15.7 Å². The highest BCUT2D eigenvalue weighted by atomic mass is 32.2. The van der Waals surface area contributed by atoms with Crippen LogP contribution in [0, 0.1) is 17.8 Å². The number of hydrogen-bond donors (Lipinski definition) is 1. The van der Waals surface area contributed by atoms with E-state index in [2.05, 4.69) is 0 Å². The maximum Gasteiger partial charge on any atom is 0.426 e. The van der Waals surface area contributed by atoms with Gasteiger partial charge < -0.3 is 5.11 Å². The fourth-order valence-electron chi connectivity index (χ4n) is 4.18. The molecule has 1 fully saturated rings. The summed E-state index contributed by atoms with van der Waals surface area (Å²) in [6.45, 7) is 8.97. The summed E-state index contributed by atoms with van der Waals surface area (Å²) in [7, 11) is -4.11. The molecule has 0 aliphatic carbocycles. The summed E-state index contributed by atoms with van der Waals surface area (Å²) >= 11 is 0. The number of hydrogen-bond acceptors (Lipinski definition) is 4. The lowest BCUT2D eigenvalue weighted by molar-refractivity contribution is -0.372. The smallest absolute Gasteiger partial charge is 0.374 e. The van der Waals surface area contributed by atoms with Crippen LogP contribution in [0.5, 0.6) is 0 Å². The molecule has 1 aliphatic heterocycles. The molecule has 28 heavy (non-hydrogen) atoms. The second-order valence-electron chi connectivity index (χ2n) is 8.55. The van der Waals surface area contributed by atoms with Gasteiger partial charge in [0, 0.05) is 5.92 Å². The van der Waals surface area contributed by atoms with E-state index in [-0.39, 0.29) is 12.8 Å². The molecule has 4 atom stereocenters.